The van der Waals surface area contributed by atoms with Gasteiger partial charge < -0.3 is 15.4 Å². The van der Waals surface area contributed by atoms with Crippen molar-refractivity contribution in [2.45, 2.75) is 59.1 Å². The lowest BCUT2D eigenvalue weighted by Crippen LogP contribution is -2.45. The first-order chi connectivity index (χ1) is 11.1. The molecule has 1 aromatic carbocycles. The summed E-state index contributed by atoms with van der Waals surface area (Å²) in [5.74, 6) is -0.324. The summed E-state index contributed by atoms with van der Waals surface area (Å²) in [4.78, 5) is 12.5. The SMILES string of the molecule is CC1=C(C(=O)OC(C)C)C(c2ccc(C(C)(C)C)cc2)NC(=S)N1. The van der Waals surface area contributed by atoms with Crippen LogP contribution >= 0.6 is 12.2 Å². The maximum absolute atomic E-state index is 12.5. The quantitative estimate of drug-likeness (QED) is 0.645. The summed E-state index contributed by atoms with van der Waals surface area (Å²) >= 11 is 5.26. The molecular weight excluding hydrogens is 320 g/mol. The zero-order valence-corrected chi connectivity index (χ0v) is 16.0. The van der Waals surface area contributed by atoms with Crippen molar-refractivity contribution in [3.8, 4) is 0 Å². The smallest absolute Gasteiger partial charge is 0.338 e. The number of hydrogen-bond donors (Lipinski definition) is 2. The third kappa shape index (κ3) is 4.15. The van der Waals surface area contributed by atoms with Crippen LogP contribution in [-0.2, 0) is 14.9 Å². The largest absolute Gasteiger partial charge is 0.459 e. The molecule has 0 saturated carbocycles. The van der Waals surface area contributed by atoms with E-state index in [0.29, 0.717) is 10.7 Å². The number of ether oxygens (including phenoxy) is 1. The summed E-state index contributed by atoms with van der Waals surface area (Å²) in [6.07, 6.45) is -0.171. The summed E-state index contributed by atoms with van der Waals surface area (Å²) in [5.41, 5.74) is 3.62. The highest BCUT2D eigenvalue weighted by Crippen LogP contribution is 2.30. The Morgan fingerprint density at radius 3 is 2.29 bits per heavy atom. The molecule has 0 amide bonds. The van der Waals surface area contributed by atoms with Crippen molar-refractivity contribution in [2.75, 3.05) is 0 Å². The lowest BCUT2D eigenvalue weighted by molar-refractivity contribution is -0.143. The number of carbonyl (C=O) groups excluding carboxylic acids is 1. The Labute approximate surface area is 149 Å². The number of thiocarbonyl (C=S) groups is 1. The van der Waals surface area contributed by atoms with Crippen molar-refractivity contribution in [3.63, 3.8) is 0 Å². The second kappa shape index (κ2) is 6.93. The van der Waals surface area contributed by atoms with Crippen molar-refractivity contribution >= 4 is 23.3 Å². The fourth-order valence-electron chi connectivity index (χ4n) is 2.67. The number of carbonyl (C=O) groups is 1. The minimum Gasteiger partial charge on any atom is -0.459 e. The minimum absolute atomic E-state index is 0.0839. The third-order valence-corrected chi connectivity index (χ3v) is 4.16. The highest BCUT2D eigenvalue weighted by Gasteiger charge is 2.31. The first kappa shape index (κ1) is 18.5. The van der Waals surface area contributed by atoms with Gasteiger partial charge >= 0.3 is 5.97 Å². The van der Waals surface area contributed by atoms with Crippen LogP contribution in [0.1, 0.15) is 58.7 Å². The Kier molecular flexibility index (Phi) is 5.33. The maximum Gasteiger partial charge on any atom is 0.338 e. The van der Waals surface area contributed by atoms with Gasteiger partial charge in [-0.15, -0.1) is 0 Å². The van der Waals surface area contributed by atoms with Gasteiger partial charge in [0.15, 0.2) is 5.11 Å². The molecule has 1 atom stereocenters. The van der Waals surface area contributed by atoms with Crippen LogP contribution in [0.4, 0.5) is 0 Å². The molecule has 1 aromatic rings. The average Bonchev–Trinajstić information content (AvgIpc) is 2.44. The van der Waals surface area contributed by atoms with Gasteiger partial charge in [0.2, 0.25) is 0 Å². The van der Waals surface area contributed by atoms with Crippen LogP contribution in [-0.4, -0.2) is 17.2 Å². The van der Waals surface area contributed by atoms with Gasteiger partial charge in [0, 0.05) is 5.70 Å². The first-order valence-electron chi connectivity index (χ1n) is 8.19. The van der Waals surface area contributed by atoms with Crippen LogP contribution in [0.2, 0.25) is 0 Å². The van der Waals surface area contributed by atoms with Gasteiger partial charge in [-0.2, -0.15) is 0 Å². The topological polar surface area (TPSA) is 50.4 Å². The molecule has 1 heterocycles. The van der Waals surface area contributed by atoms with E-state index in [1.54, 1.807) is 0 Å². The van der Waals surface area contributed by atoms with E-state index in [2.05, 4.69) is 43.5 Å². The molecule has 0 radical (unpaired) electrons. The van der Waals surface area contributed by atoms with Crippen LogP contribution in [0.5, 0.6) is 0 Å². The Morgan fingerprint density at radius 1 is 1.21 bits per heavy atom. The van der Waals surface area contributed by atoms with E-state index in [1.165, 1.54) is 5.56 Å². The van der Waals surface area contributed by atoms with Gasteiger partial charge in [0.05, 0.1) is 17.7 Å². The summed E-state index contributed by atoms with van der Waals surface area (Å²) < 4.78 is 5.40. The molecule has 0 saturated heterocycles. The predicted molar refractivity (Wildman–Crippen MR) is 101 cm³/mol. The van der Waals surface area contributed by atoms with Crippen LogP contribution in [0.25, 0.3) is 0 Å². The molecule has 0 fully saturated rings. The number of benzene rings is 1. The number of nitrogens with one attached hydrogen (secondary N) is 2. The standard InChI is InChI=1S/C19H26N2O2S/c1-11(2)23-17(22)15-12(3)20-18(24)21-16(15)13-7-9-14(10-8-13)19(4,5)6/h7-11,16H,1-6H3,(H2,20,21,24). The van der Waals surface area contributed by atoms with E-state index in [9.17, 15) is 4.79 Å². The van der Waals surface area contributed by atoms with Gasteiger partial charge in [-0.25, -0.2) is 4.79 Å². The molecule has 1 aliphatic rings. The van der Waals surface area contributed by atoms with Crippen molar-refractivity contribution in [1.82, 2.24) is 10.6 Å². The molecule has 2 N–H and O–H groups in total. The zero-order valence-electron chi connectivity index (χ0n) is 15.2. The maximum atomic E-state index is 12.5. The van der Waals surface area contributed by atoms with E-state index in [-0.39, 0.29) is 23.5 Å². The van der Waals surface area contributed by atoms with Crippen LogP contribution < -0.4 is 10.6 Å². The lowest BCUT2D eigenvalue weighted by Gasteiger charge is -2.30. The molecule has 130 valence electrons. The molecular formula is C19H26N2O2S. The van der Waals surface area contributed by atoms with E-state index in [4.69, 9.17) is 17.0 Å². The Bertz CT molecular complexity index is 670. The predicted octanol–water partition coefficient (Wildman–Crippen LogP) is 3.73. The third-order valence-electron chi connectivity index (χ3n) is 3.94. The van der Waals surface area contributed by atoms with Gasteiger partial charge in [-0.3, -0.25) is 0 Å². The van der Waals surface area contributed by atoms with E-state index < -0.39 is 0 Å². The van der Waals surface area contributed by atoms with Crippen LogP contribution in [0.3, 0.4) is 0 Å². The minimum atomic E-state index is -0.324. The zero-order chi connectivity index (χ0) is 18.1. The van der Waals surface area contributed by atoms with Crippen molar-refractivity contribution in [1.29, 1.82) is 0 Å². The summed E-state index contributed by atoms with van der Waals surface area (Å²) in [7, 11) is 0. The van der Waals surface area contributed by atoms with Crippen molar-refractivity contribution in [3.05, 3.63) is 46.7 Å². The fourth-order valence-corrected chi connectivity index (χ4v) is 2.94. The Morgan fingerprint density at radius 2 is 1.79 bits per heavy atom. The normalized spacial score (nSPS) is 18.3. The first-order valence-corrected chi connectivity index (χ1v) is 8.60. The molecule has 0 spiro atoms. The second-order valence-corrected chi connectivity index (χ2v) is 7.80. The molecule has 5 heteroatoms. The molecule has 0 aromatic heterocycles. The number of allylic oxidation sites excluding steroid dienone is 1. The molecule has 0 bridgehead atoms. The molecule has 4 nitrogen and oxygen atoms in total. The molecule has 24 heavy (non-hydrogen) atoms. The van der Waals surface area contributed by atoms with Crippen LogP contribution in [0.15, 0.2) is 35.5 Å². The molecule has 2 rings (SSSR count). The van der Waals surface area contributed by atoms with Crippen LogP contribution in [0, 0.1) is 0 Å². The summed E-state index contributed by atoms with van der Waals surface area (Å²) in [5, 5.41) is 6.72. The number of esters is 1. The average molecular weight is 346 g/mol. The number of hydrogen-bond acceptors (Lipinski definition) is 3. The monoisotopic (exact) mass is 346 g/mol. The molecule has 0 aliphatic carbocycles. The summed E-state index contributed by atoms with van der Waals surface area (Å²) in [6.45, 7) is 12.1. The van der Waals surface area contributed by atoms with Gasteiger partial charge in [0.1, 0.15) is 0 Å². The van der Waals surface area contributed by atoms with Crippen molar-refractivity contribution < 1.29 is 9.53 Å². The fraction of sp³-hybridized carbons (Fsp3) is 0.474. The van der Waals surface area contributed by atoms with E-state index in [0.717, 1.165) is 11.3 Å². The van der Waals surface area contributed by atoms with E-state index >= 15 is 0 Å². The van der Waals surface area contributed by atoms with Gasteiger partial charge in [-0.05, 0) is 49.5 Å². The van der Waals surface area contributed by atoms with E-state index in [1.807, 2.05) is 32.9 Å². The Hall–Kier alpha value is -1.88. The van der Waals surface area contributed by atoms with Gasteiger partial charge in [0.25, 0.3) is 0 Å². The lowest BCUT2D eigenvalue weighted by atomic mass is 9.85. The molecule has 1 unspecified atom stereocenters. The highest BCUT2D eigenvalue weighted by atomic mass is 32.1. The van der Waals surface area contributed by atoms with Crippen molar-refractivity contribution in [2.24, 2.45) is 0 Å². The number of rotatable bonds is 3. The van der Waals surface area contributed by atoms with Gasteiger partial charge in [-0.1, -0.05) is 45.0 Å². The molecule has 1 aliphatic heterocycles. The highest BCUT2D eigenvalue weighted by molar-refractivity contribution is 7.80. The Balaban J connectivity index is 2.39. The summed E-state index contributed by atoms with van der Waals surface area (Å²) in [6, 6.07) is 7.98. The second-order valence-electron chi connectivity index (χ2n) is 7.40.